The van der Waals surface area contributed by atoms with Crippen LogP contribution in [0.15, 0.2) is 103 Å². The molecule has 202 valence electrons. The summed E-state index contributed by atoms with van der Waals surface area (Å²) in [6.45, 7) is 0. The van der Waals surface area contributed by atoms with Crippen molar-refractivity contribution < 1.29 is 23.5 Å². The number of para-hydroxylation sites is 2. The summed E-state index contributed by atoms with van der Waals surface area (Å²) in [5, 5.41) is 15.3. The maximum atomic E-state index is 12.6. The first-order chi connectivity index (χ1) is 19.4. The highest BCUT2D eigenvalue weighted by atomic mass is 32.2. The van der Waals surface area contributed by atoms with Gasteiger partial charge in [-0.2, -0.15) is 0 Å². The van der Waals surface area contributed by atoms with Crippen LogP contribution >= 0.6 is 0 Å². The molecule has 40 heavy (non-hydrogen) atoms. The number of urea groups is 1. The van der Waals surface area contributed by atoms with Crippen LogP contribution in [0.4, 0.5) is 22.1 Å². The highest BCUT2D eigenvalue weighted by Crippen LogP contribution is 2.29. The van der Waals surface area contributed by atoms with Crippen molar-refractivity contribution >= 4 is 51.6 Å². The Morgan fingerprint density at radius 3 is 2.33 bits per heavy atom. The molecule has 0 spiro atoms. The van der Waals surface area contributed by atoms with E-state index in [1.807, 2.05) is 24.3 Å². The first-order valence-corrected chi connectivity index (χ1v) is 13.3. The van der Waals surface area contributed by atoms with E-state index in [9.17, 15) is 23.5 Å². The Morgan fingerprint density at radius 1 is 0.900 bits per heavy atom. The van der Waals surface area contributed by atoms with Gasteiger partial charge in [-0.3, -0.25) is 13.8 Å². The SMILES string of the molecule is O=C(Nc1cccc(-c2cccc(N(C(Cc3ccccc3)C(=O)O)S(=O)[O-])c2)c1)Nc1nc2ccccc2[nH]1. The second kappa shape index (κ2) is 11.8. The van der Waals surface area contributed by atoms with E-state index in [-0.39, 0.29) is 12.1 Å². The van der Waals surface area contributed by atoms with Gasteiger partial charge in [0.25, 0.3) is 0 Å². The van der Waals surface area contributed by atoms with Crippen molar-refractivity contribution in [1.29, 1.82) is 0 Å². The minimum Gasteiger partial charge on any atom is -0.755 e. The van der Waals surface area contributed by atoms with Crippen LogP contribution in [-0.4, -0.2) is 41.9 Å². The molecule has 5 rings (SSSR count). The van der Waals surface area contributed by atoms with Crippen molar-refractivity contribution in [2.24, 2.45) is 0 Å². The average Bonchev–Trinajstić information content (AvgIpc) is 3.35. The molecule has 2 unspecified atom stereocenters. The molecular formula is C29H24N5O5S-. The first-order valence-electron chi connectivity index (χ1n) is 12.3. The average molecular weight is 555 g/mol. The maximum absolute atomic E-state index is 12.6. The topological polar surface area (TPSA) is 150 Å². The van der Waals surface area contributed by atoms with Crippen molar-refractivity contribution in [1.82, 2.24) is 9.97 Å². The Morgan fingerprint density at radius 2 is 1.60 bits per heavy atom. The van der Waals surface area contributed by atoms with Gasteiger partial charge in [0.05, 0.1) is 11.0 Å². The fourth-order valence-electron chi connectivity index (χ4n) is 4.36. The van der Waals surface area contributed by atoms with E-state index < -0.39 is 29.3 Å². The van der Waals surface area contributed by atoms with E-state index in [2.05, 4.69) is 20.6 Å². The molecule has 4 N–H and O–H groups in total. The van der Waals surface area contributed by atoms with Crippen molar-refractivity contribution in [2.45, 2.75) is 12.5 Å². The molecule has 0 fully saturated rings. The van der Waals surface area contributed by atoms with Gasteiger partial charge in [0, 0.05) is 29.1 Å². The molecule has 11 heteroatoms. The summed E-state index contributed by atoms with van der Waals surface area (Å²) in [4.78, 5) is 32.1. The number of H-pyrrole nitrogens is 1. The molecular weight excluding hydrogens is 530 g/mol. The number of anilines is 3. The van der Waals surface area contributed by atoms with Gasteiger partial charge in [0.15, 0.2) is 0 Å². The van der Waals surface area contributed by atoms with Crippen LogP contribution in [0.1, 0.15) is 5.56 Å². The number of benzene rings is 4. The van der Waals surface area contributed by atoms with Crippen molar-refractivity contribution in [3.8, 4) is 11.1 Å². The molecule has 4 aromatic carbocycles. The first kappa shape index (κ1) is 26.6. The highest BCUT2D eigenvalue weighted by Gasteiger charge is 2.27. The van der Waals surface area contributed by atoms with Gasteiger partial charge in [-0.05, 0) is 53.1 Å². The van der Waals surface area contributed by atoms with E-state index in [0.717, 1.165) is 15.3 Å². The maximum Gasteiger partial charge on any atom is 0.327 e. The number of carbonyl (C=O) groups excluding carboxylic acids is 1. The number of nitrogens with one attached hydrogen (secondary N) is 3. The second-order valence-electron chi connectivity index (χ2n) is 8.90. The third-order valence-corrected chi connectivity index (χ3v) is 6.96. The molecule has 0 radical (unpaired) electrons. The number of imidazole rings is 1. The summed E-state index contributed by atoms with van der Waals surface area (Å²) >= 11 is -2.85. The summed E-state index contributed by atoms with van der Waals surface area (Å²) < 4.78 is 25.4. The van der Waals surface area contributed by atoms with Crippen molar-refractivity contribution in [3.63, 3.8) is 0 Å². The van der Waals surface area contributed by atoms with Crippen LogP contribution in [0.3, 0.4) is 0 Å². The smallest absolute Gasteiger partial charge is 0.327 e. The lowest BCUT2D eigenvalue weighted by Crippen LogP contribution is -2.44. The van der Waals surface area contributed by atoms with Gasteiger partial charge in [0.1, 0.15) is 6.04 Å². The molecule has 2 atom stereocenters. The van der Waals surface area contributed by atoms with Crippen LogP contribution in [0.25, 0.3) is 22.2 Å². The predicted molar refractivity (Wildman–Crippen MR) is 154 cm³/mol. The van der Waals surface area contributed by atoms with E-state index in [1.165, 1.54) is 0 Å². The second-order valence-corrected chi connectivity index (χ2v) is 9.73. The van der Waals surface area contributed by atoms with E-state index in [1.54, 1.807) is 78.9 Å². The zero-order valence-electron chi connectivity index (χ0n) is 21.0. The molecule has 0 aliphatic heterocycles. The predicted octanol–water partition coefficient (Wildman–Crippen LogP) is 5.17. The summed E-state index contributed by atoms with van der Waals surface area (Å²) in [7, 11) is 0. The molecule has 5 aromatic rings. The number of carboxylic acids is 1. The van der Waals surface area contributed by atoms with Crippen LogP contribution in [0.5, 0.6) is 0 Å². The monoisotopic (exact) mass is 554 g/mol. The van der Waals surface area contributed by atoms with Gasteiger partial charge >= 0.3 is 12.0 Å². The molecule has 0 aliphatic rings. The molecule has 0 aliphatic carbocycles. The molecule has 0 saturated carbocycles. The zero-order valence-corrected chi connectivity index (χ0v) is 21.8. The van der Waals surface area contributed by atoms with Gasteiger partial charge in [-0.1, -0.05) is 66.7 Å². The number of carbonyl (C=O) groups is 2. The number of aliphatic carboxylic acids is 1. The molecule has 10 nitrogen and oxygen atoms in total. The van der Waals surface area contributed by atoms with Crippen LogP contribution in [0, 0.1) is 0 Å². The van der Waals surface area contributed by atoms with Crippen LogP contribution in [0.2, 0.25) is 0 Å². The lowest BCUT2D eigenvalue weighted by Gasteiger charge is -2.32. The Hall–Kier alpha value is -5.00. The molecule has 0 bridgehead atoms. The number of hydrogen-bond acceptors (Lipinski definition) is 5. The summed E-state index contributed by atoms with van der Waals surface area (Å²) in [5.41, 5.74) is 4.24. The lowest BCUT2D eigenvalue weighted by atomic mass is 10.0. The number of hydrogen-bond donors (Lipinski definition) is 4. The third kappa shape index (κ3) is 6.17. The molecule has 2 amide bonds. The van der Waals surface area contributed by atoms with Gasteiger partial charge < -0.3 is 20.0 Å². The third-order valence-electron chi connectivity index (χ3n) is 6.18. The number of aromatic nitrogens is 2. The number of nitrogens with zero attached hydrogens (tertiary/aromatic N) is 2. The minimum absolute atomic E-state index is 0.00583. The van der Waals surface area contributed by atoms with E-state index >= 15 is 0 Å². The number of rotatable bonds is 9. The van der Waals surface area contributed by atoms with Gasteiger partial charge in [0.2, 0.25) is 5.95 Å². The number of carboxylic acid groups (broad SMARTS) is 1. The fourth-order valence-corrected chi connectivity index (χ4v) is 5.02. The molecule has 1 aromatic heterocycles. The van der Waals surface area contributed by atoms with Gasteiger partial charge in [-0.25, -0.2) is 14.6 Å². The van der Waals surface area contributed by atoms with E-state index in [4.69, 9.17) is 0 Å². The summed E-state index contributed by atoms with van der Waals surface area (Å²) in [6.07, 6.45) is -0.00583. The zero-order chi connectivity index (χ0) is 28.1. The number of fused-ring (bicyclic) bond motifs is 1. The Labute approximate surface area is 232 Å². The minimum atomic E-state index is -2.85. The molecule has 0 saturated heterocycles. The standard InChI is InChI=1S/C29H25N5O5S/c35-27(36)26(16-19-8-2-1-3-9-19)34(40(38)39)23-13-7-11-21(18-23)20-10-6-12-22(17-20)30-29(37)33-28-31-24-14-4-5-15-25(24)32-28/h1-15,17-18,26H,16H2,(H,35,36)(H,38,39)(H3,30,31,32,33,37)/p-1. The van der Waals surface area contributed by atoms with Crippen molar-refractivity contribution in [3.05, 3.63) is 109 Å². The van der Waals surface area contributed by atoms with Crippen LogP contribution < -0.4 is 14.9 Å². The van der Waals surface area contributed by atoms with E-state index in [0.29, 0.717) is 28.3 Å². The largest absolute Gasteiger partial charge is 0.755 e. The lowest BCUT2D eigenvalue weighted by molar-refractivity contribution is -0.138. The highest BCUT2D eigenvalue weighted by molar-refractivity contribution is 7.80. The Kier molecular flexibility index (Phi) is 7.85. The quantitative estimate of drug-likeness (QED) is 0.185. The van der Waals surface area contributed by atoms with Crippen molar-refractivity contribution in [2.75, 3.05) is 14.9 Å². The fraction of sp³-hybridized carbons (Fsp3) is 0.0690. The summed E-state index contributed by atoms with van der Waals surface area (Å²) in [5.74, 6) is -0.961. The normalized spacial score (nSPS) is 12.4. The molecule has 1 heterocycles. The Bertz CT molecular complexity index is 1660. The van der Waals surface area contributed by atoms with Crippen LogP contribution in [-0.2, 0) is 22.5 Å². The van der Waals surface area contributed by atoms with Gasteiger partial charge in [-0.15, -0.1) is 0 Å². The number of aromatic amines is 1. The number of amides is 2. The summed E-state index contributed by atoms with van der Waals surface area (Å²) in [6, 6.07) is 28.0. The Balaban J connectivity index is 1.36.